The van der Waals surface area contributed by atoms with Crippen LogP contribution in [0, 0.1) is 17.3 Å². The molecule has 6 heteroatoms. The van der Waals surface area contributed by atoms with Crippen LogP contribution in [0.25, 0.3) is 5.82 Å². The van der Waals surface area contributed by atoms with E-state index in [1.807, 2.05) is 0 Å². The van der Waals surface area contributed by atoms with E-state index in [0.29, 0.717) is 16.5 Å². The number of rotatable bonds is 1. The predicted molar refractivity (Wildman–Crippen MR) is 76.6 cm³/mol. The zero-order valence-corrected chi connectivity index (χ0v) is 12.7. The lowest BCUT2D eigenvalue weighted by Gasteiger charge is -2.02. The molecule has 0 amide bonds. The average Bonchev–Trinajstić information content (AvgIpc) is 2.68. The van der Waals surface area contributed by atoms with Gasteiger partial charge in [-0.1, -0.05) is 37.2 Å². The predicted octanol–water partition coefficient (Wildman–Crippen LogP) is 3.29. The summed E-state index contributed by atoms with van der Waals surface area (Å²) >= 11 is 6.08. The van der Waals surface area contributed by atoms with E-state index in [-0.39, 0.29) is 5.82 Å². The summed E-state index contributed by atoms with van der Waals surface area (Å²) in [7, 11) is -1.47. The van der Waals surface area contributed by atoms with Gasteiger partial charge >= 0.3 is 0 Å². The Bertz CT molecular complexity index is 647. The Labute approximate surface area is 117 Å². The monoisotopic (exact) mass is 293 g/mol. The molecule has 2 aromatic heterocycles. The van der Waals surface area contributed by atoms with Crippen LogP contribution < -0.4 is 0 Å². The van der Waals surface area contributed by atoms with E-state index in [1.165, 1.54) is 16.8 Å². The number of pyridine rings is 1. The summed E-state index contributed by atoms with van der Waals surface area (Å²) in [6, 6.07) is 2.86. The highest BCUT2D eigenvalue weighted by molar-refractivity contribution is 6.83. The molecule has 19 heavy (non-hydrogen) atoms. The van der Waals surface area contributed by atoms with Crippen LogP contribution in [0.15, 0.2) is 24.5 Å². The van der Waals surface area contributed by atoms with Gasteiger partial charge in [-0.2, -0.15) is 5.10 Å². The molecular weight excluding hydrogens is 281 g/mol. The number of nitrogens with zero attached hydrogens (tertiary/aromatic N) is 3. The minimum Gasteiger partial charge on any atom is -0.234 e. The van der Waals surface area contributed by atoms with Gasteiger partial charge in [-0.05, 0) is 12.1 Å². The summed E-state index contributed by atoms with van der Waals surface area (Å²) in [5.41, 5.74) is 3.72. The van der Waals surface area contributed by atoms with Crippen molar-refractivity contribution < 1.29 is 4.39 Å². The Morgan fingerprint density at radius 1 is 1.32 bits per heavy atom. The van der Waals surface area contributed by atoms with Gasteiger partial charge in [-0.3, -0.25) is 0 Å². The van der Waals surface area contributed by atoms with Gasteiger partial charge in [0.1, 0.15) is 13.9 Å². The highest BCUT2D eigenvalue weighted by Crippen LogP contribution is 2.16. The zero-order valence-electron chi connectivity index (χ0n) is 10.9. The van der Waals surface area contributed by atoms with E-state index in [0.717, 1.165) is 6.20 Å². The Morgan fingerprint density at radius 3 is 2.63 bits per heavy atom. The Balaban J connectivity index is 2.35. The van der Waals surface area contributed by atoms with Crippen LogP contribution in [-0.2, 0) is 0 Å². The first-order valence-corrected chi connectivity index (χ1v) is 9.63. The molecule has 0 saturated carbocycles. The molecule has 98 valence electrons. The molecule has 0 aliphatic heterocycles. The van der Waals surface area contributed by atoms with Crippen LogP contribution >= 0.6 is 11.6 Å². The van der Waals surface area contributed by atoms with E-state index in [2.05, 4.69) is 41.2 Å². The van der Waals surface area contributed by atoms with Crippen molar-refractivity contribution in [2.45, 2.75) is 19.6 Å². The summed E-state index contributed by atoms with van der Waals surface area (Å²) < 4.78 is 14.3. The maximum atomic E-state index is 12.8. The second-order valence-corrected chi connectivity index (χ2v) is 10.3. The first kappa shape index (κ1) is 13.8. The second kappa shape index (κ2) is 5.15. The molecule has 0 N–H and O–H groups in total. The van der Waals surface area contributed by atoms with Crippen molar-refractivity contribution in [1.82, 2.24) is 14.8 Å². The fourth-order valence-electron chi connectivity index (χ4n) is 1.31. The number of halogens is 2. The Morgan fingerprint density at radius 2 is 2.05 bits per heavy atom. The maximum absolute atomic E-state index is 12.8. The summed E-state index contributed by atoms with van der Waals surface area (Å²) in [6.07, 6.45) is 2.76. The van der Waals surface area contributed by atoms with Gasteiger partial charge in [0.25, 0.3) is 0 Å². The zero-order chi connectivity index (χ0) is 14.0. The third-order valence-electron chi connectivity index (χ3n) is 2.17. The number of hydrogen-bond donors (Lipinski definition) is 0. The van der Waals surface area contributed by atoms with Crippen LogP contribution in [0.3, 0.4) is 0 Å². The lowest BCUT2D eigenvalue weighted by Crippen LogP contribution is -2.16. The highest BCUT2D eigenvalue weighted by Gasteiger charge is 2.10. The van der Waals surface area contributed by atoms with Crippen molar-refractivity contribution in [3.05, 3.63) is 41.1 Å². The summed E-state index contributed by atoms with van der Waals surface area (Å²) in [6.45, 7) is 6.44. The van der Waals surface area contributed by atoms with Crippen LogP contribution in [0.5, 0.6) is 0 Å². The largest absolute Gasteiger partial charge is 0.234 e. The number of hydrogen-bond acceptors (Lipinski definition) is 2. The molecule has 0 unspecified atom stereocenters. The van der Waals surface area contributed by atoms with Gasteiger partial charge in [-0.25, -0.2) is 14.1 Å². The maximum Gasteiger partial charge on any atom is 0.153 e. The fourth-order valence-corrected chi connectivity index (χ4v) is 1.98. The minimum atomic E-state index is -1.47. The molecule has 2 rings (SSSR count). The molecule has 0 aliphatic rings. The van der Waals surface area contributed by atoms with E-state index in [4.69, 9.17) is 11.6 Å². The van der Waals surface area contributed by atoms with Crippen molar-refractivity contribution >= 4 is 19.7 Å². The minimum absolute atomic E-state index is 0.388. The molecule has 0 aromatic carbocycles. The summed E-state index contributed by atoms with van der Waals surface area (Å²) in [5, 5.41) is 4.73. The highest BCUT2D eigenvalue weighted by atomic mass is 35.5. The van der Waals surface area contributed by atoms with Gasteiger partial charge in [0.2, 0.25) is 0 Å². The lowest BCUT2D eigenvalue weighted by molar-refractivity contribution is 0.619. The van der Waals surface area contributed by atoms with Crippen molar-refractivity contribution in [3.8, 4) is 17.3 Å². The first-order chi connectivity index (χ1) is 8.85. The normalized spacial score (nSPS) is 11.0. The van der Waals surface area contributed by atoms with Crippen molar-refractivity contribution in [3.63, 3.8) is 0 Å². The molecule has 2 heterocycles. The smallest absolute Gasteiger partial charge is 0.153 e. The summed E-state index contributed by atoms with van der Waals surface area (Å²) in [4.78, 5) is 3.94. The summed E-state index contributed by atoms with van der Waals surface area (Å²) in [5.74, 6) is 3.12. The standard InChI is InChI=1S/C13H13ClFN3Si/c1-19(2,3)7-6-12-11(14)9-18(17-12)13-5-4-10(15)8-16-13/h4-5,8-9H,1-3H3. The molecule has 0 saturated heterocycles. The second-order valence-electron chi connectivity index (χ2n) is 5.10. The fraction of sp³-hybridized carbons (Fsp3) is 0.231. The quantitative estimate of drug-likeness (QED) is 0.597. The molecule has 0 atom stereocenters. The third kappa shape index (κ3) is 3.66. The van der Waals surface area contributed by atoms with E-state index >= 15 is 0 Å². The number of aromatic nitrogens is 3. The van der Waals surface area contributed by atoms with Gasteiger partial charge in [0, 0.05) is 0 Å². The van der Waals surface area contributed by atoms with Crippen molar-refractivity contribution in [1.29, 1.82) is 0 Å². The van der Waals surface area contributed by atoms with Gasteiger partial charge in [-0.15, -0.1) is 5.54 Å². The topological polar surface area (TPSA) is 30.7 Å². The van der Waals surface area contributed by atoms with Crippen LogP contribution in [0.1, 0.15) is 5.69 Å². The van der Waals surface area contributed by atoms with Crippen LogP contribution in [0.4, 0.5) is 4.39 Å². The van der Waals surface area contributed by atoms with Gasteiger partial charge in [0.05, 0.1) is 17.4 Å². The molecule has 0 aliphatic carbocycles. The van der Waals surface area contributed by atoms with Crippen molar-refractivity contribution in [2.24, 2.45) is 0 Å². The average molecular weight is 294 g/mol. The third-order valence-corrected chi connectivity index (χ3v) is 3.32. The molecule has 0 radical (unpaired) electrons. The molecule has 2 aromatic rings. The van der Waals surface area contributed by atoms with Gasteiger partial charge < -0.3 is 0 Å². The van der Waals surface area contributed by atoms with E-state index in [1.54, 1.807) is 6.20 Å². The SMILES string of the molecule is C[Si](C)(C)C#Cc1nn(-c2ccc(F)cn2)cc1Cl. The lowest BCUT2D eigenvalue weighted by atomic mass is 10.4. The molecular formula is C13H13ClFN3Si. The van der Waals surface area contributed by atoms with Gasteiger partial charge in [0.15, 0.2) is 11.5 Å². The Hall–Kier alpha value is -1.64. The van der Waals surface area contributed by atoms with Crippen LogP contribution in [0.2, 0.25) is 24.7 Å². The first-order valence-electron chi connectivity index (χ1n) is 5.75. The van der Waals surface area contributed by atoms with E-state index in [9.17, 15) is 4.39 Å². The Kier molecular flexibility index (Phi) is 3.74. The van der Waals surface area contributed by atoms with E-state index < -0.39 is 8.07 Å². The molecule has 0 bridgehead atoms. The van der Waals surface area contributed by atoms with Crippen LogP contribution in [-0.4, -0.2) is 22.8 Å². The molecule has 0 fully saturated rings. The van der Waals surface area contributed by atoms with Crippen molar-refractivity contribution in [2.75, 3.05) is 0 Å². The molecule has 3 nitrogen and oxygen atoms in total. The molecule has 0 spiro atoms.